The molecular weight excluding hydrogens is 315 g/mol. The summed E-state index contributed by atoms with van der Waals surface area (Å²) in [6.07, 6.45) is -2.60. The third-order valence-corrected chi connectivity index (χ3v) is 3.96. The second-order valence-corrected chi connectivity index (χ2v) is 4.87. The lowest BCUT2D eigenvalue weighted by Crippen LogP contribution is -2.57. The fourth-order valence-electron chi connectivity index (χ4n) is 2.16. The van der Waals surface area contributed by atoms with E-state index in [9.17, 15) is 10.2 Å². The van der Waals surface area contributed by atoms with Crippen LogP contribution in [0.25, 0.3) is 0 Å². The Morgan fingerprint density at radius 3 is 2.53 bits per heavy atom. The predicted molar refractivity (Wildman–Crippen MR) is 59.9 cm³/mol. The molecule has 6 atom stereocenters. The Bertz CT molecular complexity index is 227. The van der Waals surface area contributed by atoms with Crippen molar-refractivity contribution in [1.29, 1.82) is 0 Å². The molecule has 0 saturated carbocycles. The topological polar surface area (TPSA) is 79.2 Å². The maximum absolute atomic E-state index is 9.79. The van der Waals surface area contributed by atoms with Crippen molar-refractivity contribution in [1.82, 2.24) is 0 Å². The highest BCUT2D eigenvalue weighted by Gasteiger charge is 2.49. The molecule has 0 bridgehead atoms. The van der Waals surface area contributed by atoms with Crippen LogP contribution >= 0.6 is 22.6 Å². The predicted octanol–water partition coefficient (Wildman–Crippen LogP) is -0.940. The smallest absolute Gasteiger partial charge is 0.113 e. The summed E-state index contributed by atoms with van der Waals surface area (Å²) in [7, 11) is 0. The standard InChI is InChI=1S/C9H15IO5/c10-2-4-1-5-9(14-4)8(13)7(12)6(3-11)15-5/h4-9,11-13H,1-3H2/t4-,5+,6+,7-,8-,9-/m0/s1. The summed E-state index contributed by atoms with van der Waals surface area (Å²) < 4.78 is 11.9. The Morgan fingerprint density at radius 2 is 1.93 bits per heavy atom. The lowest BCUT2D eigenvalue weighted by atomic mass is 9.95. The van der Waals surface area contributed by atoms with Crippen molar-refractivity contribution in [3.05, 3.63) is 0 Å². The third-order valence-electron chi connectivity index (χ3n) is 2.98. The normalized spacial score (nSPS) is 50.4. The number of aliphatic hydroxyl groups is 3. The minimum Gasteiger partial charge on any atom is -0.394 e. The Kier molecular flexibility index (Phi) is 3.84. The van der Waals surface area contributed by atoms with Crippen LogP contribution in [0.4, 0.5) is 0 Å². The Balaban J connectivity index is 2.06. The van der Waals surface area contributed by atoms with E-state index in [4.69, 9.17) is 14.6 Å². The van der Waals surface area contributed by atoms with Crippen LogP contribution < -0.4 is 0 Å². The van der Waals surface area contributed by atoms with Crippen LogP contribution in [-0.2, 0) is 9.47 Å². The third kappa shape index (κ3) is 2.16. The van der Waals surface area contributed by atoms with Crippen LogP contribution in [0.5, 0.6) is 0 Å². The number of ether oxygens (including phenoxy) is 2. The summed E-state index contributed by atoms with van der Waals surface area (Å²) in [5.41, 5.74) is 0. The molecule has 2 aliphatic heterocycles. The van der Waals surface area contributed by atoms with Gasteiger partial charge >= 0.3 is 0 Å². The second-order valence-electron chi connectivity index (χ2n) is 3.99. The van der Waals surface area contributed by atoms with Gasteiger partial charge in [-0.2, -0.15) is 0 Å². The van der Waals surface area contributed by atoms with Gasteiger partial charge in [0.2, 0.25) is 0 Å². The fraction of sp³-hybridized carbons (Fsp3) is 1.00. The number of hydrogen-bond donors (Lipinski definition) is 3. The average Bonchev–Trinajstić information content (AvgIpc) is 2.66. The molecule has 2 rings (SSSR count). The average molecular weight is 330 g/mol. The Hall–Kier alpha value is 0.530. The van der Waals surface area contributed by atoms with Gasteiger partial charge in [0, 0.05) is 10.8 Å². The molecule has 0 radical (unpaired) electrons. The number of aliphatic hydroxyl groups excluding tert-OH is 3. The molecule has 6 heteroatoms. The summed E-state index contributed by atoms with van der Waals surface area (Å²) in [6, 6.07) is 0. The molecule has 2 fully saturated rings. The molecule has 0 spiro atoms. The molecule has 5 nitrogen and oxygen atoms in total. The van der Waals surface area contributed by atoms with Gasteiger partial charge in [0.1, 0.15) is 24.4 Å². The SMILES string of the molecule is OC[C@H]1O[C@@H]2C[C@@H](CI)O[C@@H]2[C@@H](O)[C@H]1O. The number of hydrogen-bond acceptors (Lipinski definition) is 5. The molecular formula is C9H15IO5. The molecule has 2 aliphatic rings. The van der Waals surface area contributed by atoms with E-state index < -0.39 is 24.4 Å². The van der Waals surface area contributed by atoms with Crippen molar-refractivity contribution in [2.24, 2.45) is 0 Å². The van der Waals surface area contributed by atoms with Crippen LogP contribution in [0.1, 0.15) is 6.42 Å². The van der Waals surface area contributed by atoms with Crippen LogP contribution in [0.15, 0.2) is 0 Å². The highest BCUT2D eigenvalue weighted by atomic mass is 127. The highest BCUT2D eigenvalue weighted by Crippen LogP contribution is 2.33. The Morgan fingerprint density at radius 1 is 1.20 bits per heavy atom. The van der Waals surface area contributed by atoms with Crippen LogP contribution in [0, 0.1) is 0 Å². The van der Waals surface area contributed by atoms with Crippen molar-refractivity contribution in [3.8, 4) is 0 Å². The highest BCUT2D eigenvalue weighted by molar-refractivity contribution is 14.1. The molecule has 0 aromatic heterocycles. The van der Waals surface area contributed by atoms with Gasteiger partial charge in [-0.25, -0.2) is 0 Å². The molecule has 0 unspecified atom stereocenters. The van der Waals surface area contributed by atoms with Gasteiger partial charge in [-0.1, -0.05) is 22.6 Å². The van der Waals surface area contributed by atoms with Gasteiger partial charge in [-0.05, 0) is 0 Å². The van der Waals surface area contributed by atoms with Gasteiger partial charge < -0.3 is 24.8 Å². The molecule has 0 aromatic carbocycles. The summed E-state index contributed by atoms with van der Waals surface area (Å²) in [5, 5.41) is 28.4. The number of halogens is 1. The van der Waals surface area contributed by atoms with Crippen molar-refractivity contribution < 1.29 is 24.8 Å². The number of rotatable bonds is 2. The minimum absolute atomic E-state index is 0.0693. The zero-order chi connectivity index (χ0) is 11.0. The van der Waals surface area contributed by atoms with E-state index in [1.807, 2.05) is 0 Å². The molecule has 2 heterocycles. The number of fused-ring (bicyclic) bond motifs is 1. The van der Waals surface area contributed by atoms with Gasteiger partial charge in [-0.3, -0.25) is 0 Å². The molecule has 0 aromatic rings. The lowest BCUT2D eigenvalue weighted by Gasteiger charge is -2.38. The summed E-state index contributed by atoms with van der Waals surface area (Å²) in [4.78, 5) is 0. The zero-order valence-corrected chi connectivity index (χ0v) is 10.3. The molecule has 0 aliphatic carbocycles. The largest absolute Gasteiger partial charge is 0.394 e. The van der Waals surface area contributed by atoms with E-state index in [-0.39, 0.29) is 18.8 Å². The van der Waals surface area contributed by atoms with Gasteiger partial charge in [0.25, 0.3) is 0 Å². The molecule has 3 N–H and O–H groups in total. The molecule has 15 heavy (non-hydrogen) atoms. The first-order valence-corrected chi connectivity index (χ1v) is 6.53. The van der Waals surface area contributed by atoms with Crippen molar-refractivity contribution in [3.63, 3.8) is 0 Å². The van der Waals surface area contributed by atoms with Gasteiger partial charge in [-0.15, -0.1) is 0 Å². The van der Waals surface area contributed by atoms with Gasteiger partial charge in [0.05, 0.1) is 18.8 Å². The lowest BCUT2D eigenvalue weighted by molar-refractivity contribution is -0.217. The fourth-order valence-corrected chi connectivity index (χ4v) is 2.73. The van der Waals surface area contributed by atoms with Crippen LogP contribution in [0.3, 0.4) is 0 Å². The zero-order valence-electron chi connectivity index (χ0n) is 8.12. The number of alkyl halides is 1. The van der Waals surface area contributed by atoms with E-state index in [2.05, 4.69) is 22.6 Å². The van der Waals surface area contributed by atoms with E-state index in [1.165, 1.54) is 0 Å². The molecule has 2 saturated heterocycles. The quantitative estimate of drug-likeness (QED) is 0.450. The first-order valence-electron chi connectivity index (χ1n) is 5.01. The molecule has 0 amide bonds. The summed E-state index contributed by atoms with van der Waals surface area (Å²) in [5.74, 6) is 0. The van der Waals surface area contributed by atoms with Crippen LogP contribution in [0.2, 0.25) is 0 Å². The van der Waals surface area contributed by atoms with Crippen molar-refractivity contribution >= 4 is 22.6 Å². The minimum atomic E-state index is -1.07. The second kappa shape index (κ2) is 4.80. The Labute approximate surface area is 102 Å². The first kappa shape index (κ1) is 12.0. The van der Waals surface area contributed by atoms with E-state index in [1.54, 1.807) is 0 Å². The van der Waals surface area contributed by atoms with Gasteiger partial charge in [0.15, 0.2) is 0 Å². The summed E-state index contributed by atoms with van der Waals surface area (Å²) in [6.45, 7) is -0.281. The van der Waals surface area contributed by atoms with Crippen molar-refractivity contribution in [2.45, 2.75) is 43.0 Å². The van der Waals surface area contributed by atoms with E-state index in [0.29, 0.717) is 6.42 Å². The van der Waals surface area contributed by atoms with E-state index >= 15 is 0 Å². The summed E-state index contributed by atoms with van der Waals surface area (Å²) >= 11 is 2.22. The maximum Gasteiger partial charge on any atom is 0.113 e. The first-order chi connectivity index (χ1) is 7.17. The van der Waals surface area contributed by atoms with Crippen molar-refractivity contribution in [2.75, 3.05) is 11.0 Å². The molecule has 88 valence electrons. The maximum atomic E-state index is 9.79. The monoisotopic (exact) mass is 330 g/mol. The van der Waals surface area contributed by atoms with Crippen LogP contribution in [-0.4, -0.2) is 63.0 Å². The van der Waals surface area contributed by atoms with E-state index in [0.717, 1.165) is 4.43 Å².